The number of fused-ring (bicyclic) bond motifs is 1. The molecule has 0 atom stereocenters. The number of nitrogen functional groups attached to an aromatic ring is 1. The van der Waals surface area contributed by atoms with Crippen LogP contribution in [0.4, 0.5) is 5.69 Å². The Bertz CT molecular complexity index is 1150. The summed E-state index contributed by atoms with van der Waals surface area (Å²) in [7, 11) is 0. The Kier molecular flexibility index (Phi) is 5.80. The predicted octanol–water partition coefficient (Wildman–Crippen LogP) is 3.38. The highest BCUT2D eigenvalue weighted by Crippen LogP contribution is 2.32. The molecular formula is C21H26IN5O2. The molecule has 3 aromatic rings. The number of hydrogen-bond acceptors (Lipinski definition) is 4. The highest BCUT2D eigenvalue weighted by atomic mass is 125. The molecule has 0 aliphatic heterocycles. The minimum atomic E-state index is -0.279. The fourth-order valence-electron chi connectivity index (χ4n) is 4.17. The Labute approximate surface area is 182 Å². The second kappa shape index (κ2) is 8.33. The zero-order valence-corrected chi connectivity index (χ0v) is 18.7. The van der Waals surface area contributed by atoms with Crippen molar-refractivity contribution in [3.63, 3.8) is 0 Å². The summed E-state index contributed by atoms with van der Waals surface area (Å²) in [6, 6.07) is 5.91. The standard InChI is InChI=1S/C21H26IN5O2/c1-2-10-27-20(28)17-19(25-18(24-17)14-5-3-4-6-14)26(21(27)29)11-9-13-7-8-16(23)15(22)12-13/h7-8,12,14H,2-6,9-11,23H2,1H3,(H,24,25)/i22-2. The number of H-pyrrole nitrogens is 1. The van der Waals surface area contributed by atoms with Crippen molar-refractivity contribution in [2.75, 3.05) is 5.73 Å². The van der Waals surface area contributed by atoms with Crippen molar-refractivity contribution < 1.29 is 0 Å². The second-order valence-corrected chi connectivity index (χ2v) is 8.96. The van der Waals surface area contributed by atoms with Crippen molar-refractivity contribution in [1.82, 2.24) is 19.1 Å². The number of aryl methyl sites for hydroxylation is 2. The first-order valence-corrected chi connectivity index (χ1v) is 11.3. The van der Waals surface area contributed by atoms with Crippen molar-refractivity contribution in [3.8, 4) is 0 Å². The van der Waals surface area contributed by atoms with Crippen LogP contribution in [0.5, 0.6) is 0 Å². The van der Waals surface area contributed by atoms with Gasteiger partial charge in [0.15, 0.2) is 5.65 Å². The van der Waals surface area contributed by atoms with Gasteiger partial charge in [-0.15, -0.1) is 0 Å². The fraction of sp³-hybridized carbons (Fsp3) is 0.476. The maximum Gasteiger partial charge on any atom is 0.332 e. The van der Waals surface area contributed by atoms with Crippen molar-refractivity contribution in [3.05, 3.63) is 54.0 Å². The summed E-state index contributed by atoms with van der Waals surface area (Å²) in [4.78, 5) is 34.1. The number of benzene rings is 1. The molecule has 0 unspecified atom stereocenters. The lowest BCUT2D eigenvalue weighted by atomic mass is 10.1. The van der Waals surface area contributed by atoms with Crippen LogP contribution in [0.15, 0.2) is 27.8 Å². The SMILES string of the molecule is CCCn1c(=O)c2[nH]c(C3CCCC3)nc2n(CCc2ccc(N)c([125I])c2)c1=O. The second-order valence-electron chi connectivity index (χ2n) is 7.80. The van der Waals surface area contributed by atoms with Crippen molar-refractivity contribution in [2.45, 2.75) is 64.5 Å². The molecule has 1 saturated carbocycles. The summed E-state index contributed by atoms with van der Waals surface area (Å²) in [6.45, 7) is 2.84. The van der Waals surface area contributed by atoms with Crippen LogP contribution in [-0.2, 0) is 19.5 Å². The lowest BCUT2D eigenvalue weighted by Crippen LogP contribution is -2.40. The van der Waals surface area contributed by atoms with Gasteiger partial charge in [0.25, 0.3) is 5.56 Å². The molecular weight excluding hydrogens is 479 g/mol. The van der Waals surface area contributed by atoms with Gasteiger partial charge < -0.3 is 10.7 Å². The summed E-state index contributed by atoms with van der Waals surface area (Å²) in [5.74, 6) is 1.20. The predicted molar refractivity (Wildman–Crippen MR) is 123 cm³/mol. The van der Waals surface area contributed by atoms with Gasteiger partial charge >= 0.3 is 5.69 Å². The van der Waals surface area contributed by atoms with Crippen LogP contribution in [-0.4, -0.2) is 19.1 Å². The molecule has 1 aromatic carbocycles. The van der Waals surface area contributed by atoms with E-state index in [4.69, 9.17) is 10.7 Å². The number of rotatable bonds is 6. The highest BCUT2D eigenvalue weighted by molar-refractivity contribution is 14.1. The molecule has 3 N–H and O–H groups in total. The van der Waals surface area contributed by atoms with Crippen molar-refractivity contribution >= 4 is 39.4 Å². The van der Waals surface area contributed by atoms with Gasteiger partial charge in [-0.05, 0) is 66.0 Å². The molecule has 2 aromatic heterocycles. The van der Waals surface area contributed by atoms with Crippen LogP contribution in [0.3, 0.4) is 0 Å². The van der Waals surface area contributed by atoms with Crippen molar-refractivity contribution in [1.29, 1.82) is 0 Å². The molecule has 7 nitrogen and oxygen atoms in total. The van der Waals surface area contributed by atoms with Crippen LogP contribution < -0.4 is 17.0 Å². The fourth-order valence-corrected chi connectivity index (χ4v) is 4.75. The Balaban J connectivity index is 1.78. The van der Waals surface area contributed by atoms with E-state index in [2.05, 4.69) is 27.6 Å². The topological polar surface area (TPSA) is 98.7 Å². The van der Waals surface area contributed by atoms with Crippen LogP contribution in [0.1, 0.15) is 56.3 Å². The van der Waals surface area contributed by atoms with Crippen LogP contribution in [0.2, 0.25) is 0 Å². The summed E-state index contributed by atoms with van der Waals surface area (Å²) in [5.41, 5.74) is 8.16. The molecule has 8 heteroatoms. The lowest BCUT2D eigenvalue weighted by molar-refractivity contribution is 0.559. The largest absolute Gasteiger partial charge is 0.398 e. The first kappa shape index (κ1) is 20.2. The van der Waals surface area contributed by atoms with E-state index in [-0.39, 0.29) is 11.2 Å². The monoisotopic (exact) mass is 505 g/mol. The first-order chi connectivity index (χ1) is 14.0. The van der Waals surface area contributed by atoms with Crippen LogP contribution >= 0.6 is 22.6 Å². The molecule has 29 heavy (non-hydrogen) atoms. The quantitative estimate of drug-likeness (QED) is 0.397. The van der Waals surface area contributed by atoms with E-state index in [1.165, 1.54) is 17.4 Å². The van der Waals surface area contributed by atoms with Crippen LogP contribution in [0, 0.1) is 3.57 Å². The average molecular weight is 505 g/mol. The molecule has 1 fully saturated rings. The molecule has 2 heterocycles. The number of nitrogens with two attached hydrogens (primary N) is 1. The van der Waals surface area contributed by atoms with E-state index in [0.29, 0.717) is 36.6 Å². The van der Waals surface area contributed by atoms with E-state index in [0.717, 1.165) is 39.9 Å². The van der Waals surface area contributed by atoms with Crippen LogP contribution in [0.25, 0.3) is 11.2 Å². The normalized spacial score (nSPS) is 14.8. The maximum atomic E-state index is 13.1. The Morgan fingerprint density at radius 3 is 2.66 bits per heavy atom. The van der Waals surface area contributed by atoms with Gasteiger partial charge in [-0.1, -0.05) is 25.8 Å². The van der Waals surface area contributed by atoms with Gasteiger partial charge in [-0.3, -0.25) is 13.9 Å². The van der Waals surface area contributed by atoms with Gasteiger partial charge in [0, 0.05) is 28.3 Å². The maximum absolute atomic E-state index is 13.1. The highest BCUT2D eigenvalue weighted by Gasteiger charge is 2.23. The number of imidazole rings is 1. The van der Waals surface area contributed by atoms with E-state index in [9.17, 15) is 9.59 Å². The summed E-state index contributed by atoms with van der Waals surface area (Å²) < 4.78 is 3.99. The Hall–Kier alpha value is -2.10. The summed E-state index contributed by atoms with van der Waals surface area (Å²) >= 11 is 2.21. The van der Waals surface area contributed by atoms with Gasteiger partial charge in [-0.25, -0.2) is 9.78 Å². The molecule has 0 bridgehead atoms. The average Bonchev–Trinajstić information content (AvgIpc) is 3.37. The Morgan fingerprint density at radius 2 is 1.97 bits per heavy atom. The third-order valence-corrected chi connectivity index (χ3v) is 6.69. The molecule has 1 aliphatic rings. The first-order valence-electron chi connectivity index (χ1n) is 10.3. The number of nitrogens with one attached hydrogen (secondary N) is 1. The summed E-state index contributed by atoms with van der Waals surface area (Å²) in [5, 5.41) is 0. The molecule has 1 aliphatic carbocycles. The Morgan fingerprint density at radius 1 is 1.21 bits per heavy atom. The number of aromatic nitrogens is 4. The van der Waals surface area contributed by atoms with Crippen molar-refractivity contribution in [2.24, 2.45) is 0 Å². The number of halogens is 1. The third kappa shape index (κ3) is 3.86. The number of nitrogens with zero attached hydrogens (tertiary/aromatic N) is 3. The van der Waals surface area contributed by atoms with Gasteiger partial charge in [0.05, 0.1) is 0 Å². The zero-order chi connectivity index (χ0) is 20.5. The minimum absolute atomic E-state index is 0.262. The van der Waals surface area contributed by atoms with E-state index >= 15 is 0 Å². The molecule has 0 radical (unpaired) electrons. The van der Waals surface area contributed by atoms with E-state index < -0.39 is 0 Å². The zero-order valence-electron chi connectivity index (χ0n) is 16.6. The number of hydrogen-bond donors (Lipinski definition) is 2. The lowest BCUT2D eigenvalue weighted by Gasteiger charge is -2.11. The molecule has 4 rings (SSSR count). The molecule has 154 valence electrons. The number of anilines is 1. The van der Waals surface area contributed by atoms with Gasteiger partial charge in [0.2, 0.25) is 0 Å². The molecule has 0 saturated heterocycles. The van der Waals surface area contributed by atoms with Gasteiger partial charge in [-0.2, -0.15) is 0 Å². The molecule has 0 amide bonds. The third-order valence-electron chi connectivity index (χ3n) is 5.76. The van der Waals surface area contributed by atoms with E-state index in [1.807, 2.05) is 25.1 Å². The summed E-state index contributed by atoms with van der Waals surface area (Å²) in [6.07, 6.45) is 5.92. The smallest absolute Gasteiger partial charge is 0.332 e. The number of aromatic amines is 1. The minimum Gasteiger partial charge on any atom is -0.398 e. The van der Waals surface area contributed by atoms with E-state index in [1.54, 1.807) is 4.57 Å². The van der Waals surface area contributed by atoms with Gasteiger partial charge in [0.1, 0.15) is 11.3 Å². The molecule has 0 spiro atoms.